The molecule has 1 aromatic rings. The molecular weight excluding hydrogens is 264 g/mol. The Bertz CT molecular complexity index is 422. The van der Waals surface area contributed by atoms with Crippen LogP contribution in [0.25, 0.3) is 0 Å². The second-order valence-electron chi connectivity index (χ2n) is 6.60. The van der Waals surface area contributed by atoms with Gasteiger partial charge in [0.1, 0.15) is 5.01 Å². The molecule has 2 aliphatic carbocycles. The number of fused-ring (bicyclic) bond motifs is 1. The smallest absolute Gasteiger partial charge is 0.113 e. The zero-order valence-corrected chi connectivity index (χ0v) is 13.8. The largest absolute Gasteiger partial charge is 0.305 e. The molecule has 0 amide bonds. The topological polar surface area (TPSA) is 24.9 Å². The van der Waals surface area contributed by atoms with Crippen LogP contribution in [0.3, 0.4) is 0 Å². The Balaban J connectivity index is 1.81. The van der Waals surface area contributed by atoms with Gasteiger partial charge in [0.05, 0.1) is 11.2 Å². The minimum Gasteiger partial charge on any atom is -0.305 e. The highest BCUT2D eigenvalue weighted by molar-refractivity contribution is 7.12. The Morgan fingerprint density at radius 1 is 1.25 bits per heavy atom. The summed E-state index contributed by atoms with van der Waals surface area (Å²) in [6, 6.07) is 0. The molecule has 3 heteroatoms. The van der Waals surface area contributed by atoms with Crippen molar-refractivity contribution < 1.29 is 0 Å². The molecule has 0 aromatic carbocycles. The molecule has 2 nitrogen and oxygen atoms in total. The van der Waals surface area contributed by atoms with Crippen molar-refractivity contribution in [3.63, 3.8) is 0 Å². The van der Waals surface area contributed by atoms with Crippen molar-refractivity contribution in [2.24, 2.45) is 5.92 Å². The number of aryl methyl sites for hydroxylation is 2. The van der Waals surface area contributed by atoms with Crippen LogP contribution in [-0.4, -0.2) is 11.5 Å². The summed E-state index contributed by atoms with van der Waals surface area (Å²) in [5.41, 5.74) is 1.62. The maximum atomic E-state index is 5.05. The first-order chi connectivity index (χ1) is 9.77. The lowest BCUT2D eigenvalue weighted by Gasteiger charge is -2.39. The van der Waals surface area contributed by atoms with Gasteiger partial charge in [-0.2, -0.15) is 0 Å². The molecule has 0 spiro atoms. The Kier molecular flexibility index (Phi) is 4.46. The molecule has 1 aromatic heterocycles. The van der Waals surface area contributed by atoms with E-state index in [4.69, 9.17) is 4.98 Å². The maximum absolute atomic E-state index is 5.05. The summed E-state index contributed by atoms with van der Waals surface area (Å²) in [6.07, 6.45) is 11.7. The molecule has 0 aliphatic heterocycles. The highest BCUT2D eigenvalue weighted by Crippen LogP contribution is 2.43. The fourth-order valence-electron chi connectivity index (χ4n) is 3.80. The van der Waals surface area contributed by atoms with E-state index in [1.807, 2.05) is 11.3 Å². The van der Waals surface area contributed by atoms with Crippen LogP contribution in [0.4, 0.5) is 0 Å². The van der Waals surface area contributed by atoms with Gasteiger partial charge in [0.25, 0.3) is 0 Å². The van der Waals surface area contributed by atoms with E-state index in [1.165, 1.54) is 68.5 Å². The molecule has 2 aliphatic rings. The standard InChI is InChI=1S/C17H28N2S/c1-3-12-18-17(10-8-13(4-2)9-11-17)16-19-14-6-5-7-15(14)20-16/h13,18H,3-12H2,1-2H3. The van der Waals surface area contributed by atoms with Gasteiger partial charge in [-0.25, -0.2) is 4.98 Å². The number of nitrogens with zero attached hydrogens (tertiary/aromatic N) is 1. The van der Waals surface area contributed by atoms with Crippen LogP contribution in [0.15, 0.2) is 0 Å². The summed E-state index contributed by atoms with van der Waals surface area (Å²) in [5.74, 6) is 0.943. The molecule has 0 saturated heterocycles. The Morgan fingerprint density at radius 2 is 2.05 bits per heavy atom. The van der Waals surface area contributed by atoms with Crippen molar-refractivity contribution in [3.05, 3.63) is 15.6 Å². The highest BCUT2D eigenvalue weighted by Gasteiger charge is 2.39. The minimum absolute atomic E-state index is 0.205. The van der Waals surface area contributed by atoms with Crippen LogP contribution in [0.2, 0.25) is 0 Å². The molecule has 1 saturated carbocycles. The molecule has 1 fully saturated rings. The third-order valence-electron chi connectivity index (χ3n) is 5.25. The first-order valence-corrected chi connectivity index (χ1v) is 9.33. The van der Waals surface area contributed by atoms with Crippen molar-refractivity contribution in [3.8, 4) is 0 Å². The minimum atomic E-state index is 0.205. The van der Waals surface area contributed by atoms with E-state index in [2.05, 4.69) is 19.2 Å². The van der Waals surface area contributed by atoms with Gasteiger partial charge in [0, 0.05) is 4.88 Å². The number of rotatable bonds is 5. The van der Waals surface area contributed by atoms with Gasteiger partial charge in [0.15, 0.2) is 0 Å². The number of aromatic nitrogens is 1. The van der Waals surface area contributed by atoms with Gasteiger partial charge in [-0.05, 0) is 63.8 Å². The first kappa shape index (κ1) is 14.5. The summed E-state index contributed by atoms with van der Waals surface area (Å²) < 4.78 is 0. The number of hydrogen-bond donors (Lipinski definition) is 1. The zero-order chi connectivity index (χ0) is 14.0. The van der Waals surface area contributed by atoms with E-state index in [9.17, 15) is 0 Å². The lowest BCUT2D eigenvalue weighted by Crippen LogP contribution is -2.45. The fraction of sp³-hybridized carbons (Fsp3) is 0.824. The van der Waals surface area contributed by atoms with Crippen LogP contribution in [0.5, 0.6) is 0 Å². The Labute approximate surface area is 127 Å². The predicted octanol–water partition coefficient (Wildman–Crippen LogP) is 4.43. The fourth-order valence-corrected chi connectivity index (χ4v) is 5.18. The van der Waals surface area contributed by atoms with Crippen molar-refractivity contribution in [1.29, 1.82) is 0 Å². The van der Waals surface area contributed by atoms with Gasteiger partial charge in [-0.1, -0.05) is 20.3 Å². The summed E-state index contributed by atoms with van der Waals surface area (Å²) in [6.45, 7) is 5.73. The summed E-state index contributed by atoms with van der Waals surface area (Å²) in [4.78, 5) is 6.63. The van der Waals surface area contributed by atoms with Crippen LogP contribution in [0, 0.1) is 5.92 Å². The zero-order valence-electron chi connectivity index (χ0n) is 13.0. The van der Waals surface area contributed by atoms with E-state index < -0.39 is 0 Å². The second kappa shape index (κ2) is 6.15. The highest BCUT2D eigenvalue weighted by atomic mass is 32.1. The normalized spacial score (nSPS) is 29.6. The van der Waals surface area contributed by atoms with Gasteiger partial charge in [0.2, 0.25) is 0 Å². The Hall–Kier alpha value is -0.410. The molecule has 0 bridgehead atoms. The third-order valence-corrected chi connectivity index (χ3v) is 6.62. The Morgan fingerprint density at radius 3 is 2.70 bits per heavy atom. The molecule has 0 radical (unpaired) electrons. The average Bonchev–Trinajstić information content (AvgIpc) is 3.07. The van der Waals surface area contributed by atoms with Gasteiger partial charge in [-0.15, -0.1) is 11.3 Å². The molecule has 0 unspecified atom stereocenters. The SMILES string of the molecule is CCCNC1(c2nc3c(s2)CCC3)CCC(CC)CC1. The lowest BCUT2D eigenvalue weighted by atomic mass is 9.76. The van der Waals surface area contributed by atoms with Gasteiger partial charge in [-0.3, -0.25) is 0 Å². The quantitative estimate of drug-likeness (QED) is 0.868. The van der Waals surface area contributed by atoms with E-state index in [-0.39, 0.29) is 5.54 Å². The van der Waals surface area contributed by atoms with Crippen LogP contribution in [0.1, 0.15) is 74.4 Å². The summed E-state index contributed by atoms with van der Waals surface area (Å²) in [5, 5.41) is 5.29. The molecule has 1 heterocycles. The van der Waals surface area contributed by atoms with Gasteiger partial charge < -0.3 is 5.32 Å². The van der Waals surface area contributed by atoms with E-state index in [0.29, 0.717) is 0 Å². The molecular formula is C17H28N2S. The van der Waals surface area contributed by atoms with E-state index in [0.717, 1.165) is 12.5 Å². The van der Waals surface area contributed by atoms with E-state index >= 15 is 0 Å². The monoisotopic (exact) mass is 292 g/mol. The average molecular weight is 292 g/mol. The predicted molar refractivity (Wildman–Crippen MR) is 86.4 cm³/mol. The number of thiazole rings is 1. The van der Waals surface area contributed by atoms with E-state index in [1.54, 1.807) is 4.88 Å². The van der Waals surface area contributed by atoms with Crippen molar-refractivity contribution in [2.75, 3.05) is 6.54 Å². The van der Waals surface area contributed by atoms with Gasteiger partial charge >= 0.3 is 0 Å². The summed E-state index contributed by atoms with van der Waals surface area (Å²) in [7, 11) is 0. The molecule has 3 rings (SSSR count). The van der Waals surface area contributed by atoms with Crippen LogP contribution in [-0.2, 0) is 18.4 Å². The van der Waals surface area contributed by atoms with Crippen molar-refractivity contribution in [2.45, 2.75) is 77.2 Å². The molecule has 112 valence electrons. The maximum Gasteiger partial charge on any atom is 0.113 e. The third kappa shape index (κ3) is 2.67. The lowest BCUT2D eigenvalue weighted by molar-refractivity contribution is 0.185. The second-order valence-corrected chi connectivity index (χ2v) is 7.69. The number of nitrogens with one attached hydrogen (secondary N) is 1. The molecule has 1 N–H and O–H groups in total. The van der Waals surface area contributed by atoms with Crippen LogP contribution >= 0.6 is 11.3 Å². The molecule has 20 heavy (non-hydrogen) atoms. The molecule has 0 atom stereocenters. The van der Waals surface area contributed by atoms with Crippen LogP contribution < -0.4 is 5.32 Å². The van der Waals surface area contributed by atoms with Crippen molar-refractivity contribution in [1.82, 2.24) is 10.3 Å². The first-order valence-electron chi connectivity index (χ1n) is 8.51. The number of hydrogen-bond acceptors (Lipinski definition) is 3. The summed E-state index contributed by atoms with van der Waals surface area (Å²) >= 11 is 2.01. The van der Waals surface area contributed by atoms with Crippen molar-refractivity contribution >= 4 is 11.3 Å².